The van der Waals surface area contributed by atoms with Gasteiger partial charge in [0, 0.05) is 23.3 Å². The van der Waals surface area contributed by atoms with Gasteiger partial charge >= 0.3 is 0 Å². The zero-order valence-corrected chi connectivity index (χ0v) is 18.8. The van der Waals surface area contributed by atoms with E-state index < -0.39 is 0 Å². The van der Waals surface area contributed by atoms with Crippen molar-refractivity contribution in [2.24, 2.45) is 0 Å². The molecule has 0 aliphatic carbocycles. The van der Waals surface area contributed by atoms with Gasteiger partial charge in [0.25, 0.3) is 0 Å². The van der Waals surface area contributed by atoms with Crippen molar-refractivity contribution < 1.29 is 24.1 Å². The highest BCUT2D eigenvalue weighted by atomic mass is 16.5. The first-order chi connectivity index (χ1) is 15.1. The Morgan fingerprint density at radius 3 is 2.31 bits per heavy atom. The average molecular weight is 437 g/mol. The molecule has 0 saturated carbocycles. The Labute approximate surface area is 187 Å². The van der Waals surface area contributed by atoms with Gasteiger partial charge in [0.05, 0.1) is 19.9 Å². The summed E-state index contributed by atoms with van der Waals surface area (Å²) in [4.78, 5) is 4.42. The quantitative estimate of drug-likeness (QED) is 0.364. The van der Waals surface area contributed by atoms with Gasteiger partial charge < -0.3 is 29.8 Å². The highest BCUT2D eigenvalue weighted by Crippen LogP contribution is 2.35. The monoisotopic (exact) mass is 436 g/mol. The number of hydrogen-bond acceptors (Lipinski definition) is 7. The van der Waals surface area contributed by atoms with Gasteiger partial charge in [-0.2, -0.15) is 0 Å². The molecule has 32 heavy (non-hydrogen) atoms. The van der Waals surface area contributed by atoms with E-state index in [0.717, 1.165) is 16.9 Å². The molecule has 7 heteroatoms. The Kier molecular flexibility index (Phi) is 6.48. The number of phenols is 2. The Morgan fingerprint density at radius 2 is 1.66 bits per heavy atom. The summed E-state index contributed by atoms with van der Waals surface area (Å²) < 4.78 is 15.6. The highest BCUT2D eigenvalue weighted by molar-refractivity contribution is 5.77. The van der Waals surface area contributed by atoms with E-state index in [-0.39, 0.29) is 16.9 Å². The van der Waals surface area contributed by atoms with Crippen LogP contribution in [0.1, 0.15) is 26.3 Å². The van der Waals surface area contributed by atoms with Crippen LogP contribution in [0.4, 0.5) is 5.69 Å². The molecule has 7 nitrogen and oxygen atoms in total. The normalized spacial score (nSPS) is 11.0. The zero-order valence-electron chi connectivity index (χ0n) is 18.8. The van der Waals surface area contributed by atoms with E-state index in [0.29, 0.717) is 28.4 Å². The standard InChI is InChI=1S/C17H17NO3.C8H11NO2/c1-17(2,3)12-8-10(4-7-14(12)20)16-18-13-6-5-11(19)9-15(13)21-16;1-10-6-3-4-7(9)8(5-6)11-2/h4-9,19-20H,1-3H3;3-5H,9H2,1-2H3. The Morgan fingerprint density at radius 1 is 0.906 bits per heavy atom. The number of anilines is 1. The molecule has 0 bridgehead atoms. The smallest absolute Gasteiger partial charge is 0.227 e. The second kappa shape index (κ2) is 9.09. The lowest BCUT2D eigenvalue weighted by atomic mass is 9.85. The number of aromatic nitrogens is 1. The number of nitrogen functional groups attached to an aromatic ring is 1. The highest BCUT2D eigenvalue weighted by Gasteiger charge is 2.20. The van der Waals surface area contributed by atoms with E-state index >= 15 is 0 Å². The van der Waals surface area contributed by atoms with Gasteiger partial charge in [-0.3, -0.25) is 0 Å². The molecule has 4 aromatic rings. The Hall–Kier alpha value is -3.87. The summed E-state index contributed by atoms with van der Waals surface area (Å²) in [5.41, 5.74) is 8.88. The van der Waals surface area contributed by atoms with Crippen molar-refractivity contribution in [2.45, 2.75) is 26.2 Å². The van der Waals surface area contributed by atoms with Gasteiger partial charge in [-0.05, 0) is 47.9 Å². The van der Waals surface area contributed by atoms with Gasteiger partial charge in [-0.1, -0.05) is 20.8 Å². The first kappa shape index (κ1) is 22.8. The second-order valence-corrected chi connectivity index (χ2v) is 8.26. The average Bonchev–Trinajstić information content (AvgIpc) is 3.17. The van der Waals surface area contributed by atoms with Crippen LogP contribution in [0.5, 0.6) is 23.0 Å². The molecule has 0 aliphatic rings. The molecule has 0 saturated heterocycles. The van der Waals surface area contributed by atoms with Crippen LogP contribution in [-0.4, -0.2) is 29.4 Å². The van der Waals surface area contributed by atoms with Crippen molar-refractivity contribution in [3.8, 4) is 34.5 Å². The fourth-order valence-electron chi connectivity index (χ4n) is 3.13. The Bertz CT molecular complexity index is 1220. The minimum Gasteiger partial charge on any atom is -0.508 e. The zero-order chi connectivity index (χ0) is 23.5. The maximum Gasteiger partial charge on any atom is 0.227 e. The molecule has 0 spiro atoms. The number of nitrogens with two attached hydrogens (primary N) is 1. The van der Waals surface area contributed by atoms with E-state index in [4.69, 9.17) is 19.6 Å². The first-order valence-electron chi connectivity index (χ1n) is 10.0. The van der Waals surface area contributed by atoms with Crippen LogP contribution < -0.4 is 15.2 Å². The van der Waals surface area contributed by atoms with Gasteiger partial charge in [0.2, 0.25) is 5.89 Å². The van der Waals surface area contributed by atoms with Crippen LogP contribution in [0, 0.1) is 0 Å². The number of ether oxygens (including phenoxy) is 2. The number of methoxy groups -OCH3 is 2. The molecule has 4 rings (SSSR count). The molecular formula is C25H28N2O5. The molecule has 4 N–H and O–H groups in total. The fourth-order valence-corrected chi connectivity index (χ4v) is 3.13. The van der Waals surface area contributed by atoms with Crippen LogP contribution in [0.3, 0.4) is 0 Å². The van der Waals surface area contributed by atoms with Crippen molar-refractivity contribution >= 4 is 16.8 Å². The predicted molar refractivity (Wildman–Crippen MR) is 125 cm³/mol. The largest absolute Gasteiger partial charge is 0.508 e. The fraction of sp³-hybridized carbons (Fsp3) is 0.240. The molecule has 0 fully saturated rings. The third-order valence-corrected chi connectivity index (χ3v) is 4.86. The van der Waals surface area contributed by atoms with Crippen molar-refractivity contribution in [3.63, 3.8) is 0 Å². The molecule has 0 radical (unpaired) electrons. The van der Waals surface area contributed by atoms with Crippen LogP contribution in [0.2, 0.25) is 0 Å². The lowest BCUT2D eigenvalue weighted by Crippen LogP contribution is -2.11. The van der Waals surface area contributed by atoms with Crippen LogP contribution >= 0.6 is 0 Å². The Balaban J connectivity index is 0.000000222. The molecule has 3 aromatic carbocycles. The van der Waals surface area contributed by atoms with E-state index in [1.165, 1.54) is 6.07 Å². The minimum atomic E-state index is -0.176. The number of fused-ring (bicyclic) bond motifs is 1. The lowest BCUT2D eigenvalue weighted by molar-refractivity contribution is 0.395. The van der Waals surface area contributed by atoms with Gasteiger partial charge in [-0.25, -0.2) is 4.98 Å². The van der Waals surface area contributed by atoms with Crippen LogP contribution in [-0.2, 0) is 5.41 Å². The predicted octanol–water partition coefficient (Wildman–Crippen LogP) is 5.49. The van der Waals surface area contributed by atoms with Gasteiger partial charge in [0.1, 0.15) is 28.5 Å². The van der Waals surface area contributed by atoms with Gasteiger partial charge in [-0.15, -0.1) is 0 Å². The minimum absolute atomic E-state index is 0.145. The molecule has 168 valence electrons. The third kappa shape index (κ3) is 5.06. The maximum atomic E-state index is 10.0. The summed E-state index contributed by atoms with van der Waals surface area (Å²) in [7, 11) is 3.18. The second-order valence-electron chi connectivity index (χ2n) is 8.26. The number of nitrogens with zero attached hydrogens (tertiary/aromatic N) is 1. The molecule has 1 heterocycles. The SMILES string of the molecule is CC(C)(C)c1cc(-c2nc3ccc(O)cc3o2)ccc1O.COc1ccc(N)c(OC)c1. The molecule has 0 atom stereocenters. The van der Waals surface area contributed by atoms with Crippen LogP contribution in [0.15, 0.2) is 59.0 Å². The summed E-state index contributed by atoms with van der Waals surface area (Å²) in [6, 6.07) is 15.4. The molecule has 1 aromatic heterocycles. The summed E-state index contributed by atoms with van der Waals surface area (Å²) in [6.07, 6.45) is 0. The van der Waals surface area contributed by atoms with E-state index in [9.17, 15) is 10.2 Å². The van der Waals surface area contributed by atoms with E-state index in [1.54, 1.807) is 56.7 Å². The molecule has 0 amide bonds. The molecule has 0 aliphatic heterocycles. The van der Waals surface area contributed by atoms with Crippen molar-refractivity contribution in [3.05, 3.63) is 60.2 Å². The summed E-state index contributed by atoms with van der Waals surface area (Å²) >= 11 is 0. The number of aromatic hydroxyl groups is 2. The number of phenolic OH excluding ortho intramolecular Hbond substituents is 2. The third-order valence-electron chi connectivity index (χ3n) is 4.86. The van der Waals surface area contributed by atoms with Crippen molar-refractivity contribution in [1.29, 1.82) is 0 Å². The maximum absolute atomic E-state index is 10.0. The number of hydrogen-bond donors (Lipinski definition) is 3. The molecule has 0 unspecified atom stereocenters. The number of oxazole rings is 1. The number of rotatable bonds is 3. The topological polar surface area (TPSA) is 111 Å². The van der Waals surface area contributed by atoms with Gasteiger partial charge in [0.15, 0.2) is 5.58 Å². The summed E-state index contributed by atoms with van der Waals surface area (Å²) in [5, 5.41) is 19.5. The molecular weight excluding hydrogens is 408 g/mol. The van der Waals surface area contributed by atoms with Crippen LogP contribution in [0.25, 0.3) is 22.6 Å². The van der Waals surface area contributed by atoms with Crippen molar-refractivity contribution in [2.75, 3.05) is 20.0 Å². The van der Waals surface area contributed by atoms with E-state index in [1.807, 2.05) is 26.8 Å². The number of benzene rings is 3. The van der Waals surface area contributed by atoms with E-state index in [2.05, 4.69) is 4.98 Å². The lowest BCUT2D eigenvalue weighted by Gasteiger charge is -2.20. The summed E-state index contributed by atoms with van der Waals surface area (Å²) in [5.74, 6) is 2.27. The van der Waals surface area contributed by atoms with Crippen molar-refractivity contribution in [1.82, 2.24) is 4.98 Å². The summed E-state index contributed by atoms with van der Waals surface area (Å²) in [6.45, 7) is 6.11. The first-order valence-corrected chi connectivity index (χ1v) is 10.0.